The highest BCUT2D eigenvalue weighted by Crippen LogP contribution is 2.43. The fourth-order valence-corrected chi connectivity index (χ4v) is 3.45. The van der Waals surface area contributed by atoms with E-state index >= 15 is 0 Å². The van der Waals surface area contributed by atoms with Gasteiger partial charge in [0.15, 0.2) is 11.5 Å². The Morgan fingerprint density at radius 3 is 2.46 bits per heavy atom. The Bertz CT molecular complexity index is 907. The number of non-ortho nitro benzene ring substituents is 1. The molecule has 0 atom stereocenters. The van der Waals surface area contributed by atoms with E-state index in [2.05, 4.69) is 10.2 Å². The van der Waals surface area contributed by atoms with E-state index in [1.807, 2.05) is 19.1 Å². The molecule has 0 saturated carbocycles. The molecule has 0 aliphatic carbocycles. The maximum atomic E-state index is 12.5. The van der Waals surface area contributed by atoms with Gasteiger partial charge in [0, 0.05) is 44.0 Å². The number of rotatable bonds is 3. The van der Waals surface area contributed by atoms with Gasteiger partial charge in [-0.25, -0.2) is 4.79 Å². The SMILES string of the molecule is Cc1ccc2c(c1N1CCN(C(=O)Nc3ccc([N+](=O)[O-])cc3)CC1)OCO2. The monoisotopic (exact) mass is 384 g/mol. The number of nitro groups is 1. The normalized spacial score (nSPS) is 15.5. The van der Waals surface area contributed by atoms with E-state index in [0.29, 0.717) is 31.9 Å². The zero-order chi connectivity index (χ0) is 19.7. The summed E-state index contributed by atoms with van der Waals surface area (Å²) in [5.41, 5.74) is 2.64. The van der Waals surface area contributed by atoms with Crippen molar-refractivity contribution in [3.05, 3.63) is 52.1 Å². The largest absolute Gasteiger partial charge is 0.454 e. The van der Waals surface area contributed by atoms with Gasteiger partial charge in [-0.15, -0.1) is 0 Å². The molecular formula is C19H20N4O5. The quantitative estimate of drug-likeness (QED) is 0.645. The van der Waals surface area contributed by atoms with Crippen LogP contribution in [0, 0.1) is 17.0 Å². The molecule has 1 saturated heterocycles. The van der Waals surface area contributed by atoms with Crippen LogP contribution < -0.4 is 19.7 Å². The predicted octanol–water partition coefficient (Wildman–Crippen LogP) is 2.99. The molecular weight excluding hydrogens is 364 g/mol. The van der Waals surface area contributed by atoms with Gasteiger partial charge in [0.05, 0.1) is 10.6 Å². The average Bonchev–Trinajstić information content (AvgIpc) is 3.17. The summed E-state index contributed by atoms with van der Waals surface area (Å²) in [6, 6.07) is 9.50. The van der Waals surface area contributed by atoms with Gasteiger partial charge in [-0.05, 0) is 30.7 Å². The maximum absolute atomic E-state index is 12.5. The second-order valence-electron chi connectivity index (χ2n) is 6.67. The number of piperazine rings is 1. The molecule has 0 spiro atoms. The number of carbonyl (C=O) groups is 1. The molecule has 0 unspecified atom stereocenters. The van der Waals surface area contributed by atoms with Crippen LogP contribution in [0.4, 0.5) is 21.9 Å². The summed E-state index contributed by atoms with van der Waals surface area (Å²) < 4.78 is 11.1. The zero-order valence-corrected chi connectivity index (χ0v) is 15.4. The first-order valence-electron chi connectivity index (χ1n) is 8.97. The van der Waals surface area contributed by atoms with Crippen molar-refractivity contribution in [2.24, 2.45) is 0 Å². The van der Waals surface area contributed by atoms with E-state index in [-0.39, 0.29) is 18.5 Å². The Balaban J connectivity index is 1.38. The molecule has 1 N–H and O–H groups in total. The van der Waals surface area contributed by atoms with Gasteiger partial charge >= 0.3 is 6.03 Å². The average molecular weight is 384 g/mol. The lowest BCUT2D eigenvalue weighted by atomic mass is 10.1. The highest BCUT2D eigenvalue weighted by Gasteiger charge is 2.27. The van der Waals surface area contributed by atoms with Gasteiger partial charge in [-0.2, -0.15) is 0 Å². The summed E-state index contributed by atoms with van der Waals surface area (Å²) in [6.07, 6.45) is 0. The molecule has 2 aromatic rings. The Kier molecular flexibility index (Phi) is 4.64. The Labute approximate surface area is 161 Å². The van der Waals surface area contributed by atoms with Gasteiger partial charge in [0.2, 0.25) is 6.79 Å². The third-order valence-electron chi connectivity index (χ3n) is 4.93. The minimum Gasteiger partial charge on any atom is -0.454 e. The second kappa shape index (κ2) is 7.26. The number of nitrogens with one attached hydrogen (secondary N) is 1. The summed E-state index contributed by atoms with van der Waals surface area (Å²) in [5, 5.41) is 13.5. The summed E-state index contributed by atoms with van der Waals surface area (Å²) in [7, 11) is 0. The third kappa shape index (κ3) is 3.38. The fraction of sp³-hybridized carbons (Fsp3) is 0.316. The summed E-state index contributed by atoms with van der Waals surface area (Å²) >= 11 is 0. The van der Waals surface area contributed by atoms with E-state index in [1.54, 1.807) is 4.90 Å². The number of hydrogen-bond donors (Lipinski definition) is 1. The second-order valence-corrected chi connectivity index (χ2v) is 6.67. The van der Waals surface area contributed by atoms with Crippen LogP contribution in [-0.4, -0.2) is 48.8 Å². The van der Waals surface area contributed by atoms with Crippen LogP contribution in [-0.2, 0) is 0 Å². The molecule has 9 heteroatoms. The molecule has 2 aromatic carbocycles. The van der Waals surface area contributed by atoms with Crippen molar-refractivity contribution in [1.82, 2.24) is 4.90 Å². The minimum atomic E-state index is -0.470. The molecule has 0 aromatic heterocycles. The first-order valence-corrected chi connectivity index (χ1v) is 8.97. The van der Waals surface area contributed by atoms with E-state index in [1.165, 1.54) is 24.3 Å². The van der Waals surface area contributed by atoms with Crippen LogP contribution in [0.2, 0.25) is 0 Å². The number of carbonyl (C=O) groups excluding carboxylic acids is 1. The van der Waals surface area contributed by atoms with E-state index in [9.17, 15) is 14.9 Å². The first-order chi connectivity index (χ1) is 13.5. The van der Waals surface area contributed by atoms with Crippen molar-refractivity contribution < 1.29 is 19.2 Å². The minimum absolute atomic E-state index is 0.0106. The summed E-state index contributed by atoms with van der Waals surface area (Å²) in [4.78, 5) is 26.7. The number of fused-ring (bicyclic) bond motifs is 1. The summed E-state index contributed by atoms with van der Waals surface area (Å²) in [6.45, 7) is 4.72. The molecule has 0 bridgehead atoms. The lowest BCUT2D eigenvalue weighted by Gasteiger charge is -2.37. The van der Waals surface area contributed by atoms with Crippen LogP contribution in [0.5, 0.6) is 11.5 Å². The van der Waals surface area contributed by atoms with Crippen LogP contribution in [0.1, 0.15) is 5.56 Å². The first kappa shape index (κ1) is 17.9. The molecule has 2 heterocycles. The lowest BCUT2D eigenvalue weighted by Crippen LogP contribution is -2.50. The topological polar surface area (TPSA) is 97.2 Å². The van der Waals surface area contributed by atoms with Crippen molar-refractivity contribution >= 4 is 23.1 Å². The van der Waals surface area contributed by atoms with Gasteiger partial charge in [0.25, 0.3) is 5.69 Å². The van der Waals surface area contributed by atoms with Gasteiger partial charge in [0.1, 0.15) is 0 Å². The molecule has 2 aliphatic rings. The van der Waals surface area contributed by atoms with E-state index < -0.39 is 4.92 Å². The van der Waals surface area contributed by atoms with Crippen LogP contribution in [0.15, 0.2) is 36.4 Å². The van der Waals surface area contributed by atoms with Crippen molar-refractivity contribution in [3.63, 3.8) is 0 Å². The number of anilines is 2. The lowest BCUT2D eigenvalue weighted by molar-refractivity contribution is -0.384. The number of benzene rings is 2. The van der Waals surface area contributed by atoms with Crippen LogP contribution in [0.3, 0.4) is 0 Å². The van der Waals surface area contributed by atoms with Gasteiger partial charge in [-0.1, -0.05) is 6.07 Å². The molecule has 4 rings (SSSR count). The maximum Gasteiger partial charge on any atom is 0.321 e. The van der Waals surface area contributed by atoms with Gasteiger partial charge in [-0.3, -0.25) is 10.1 Å². The molecule has 1 fully saturated rings. The molecule has 2 aliphatic heterocycles. The Morgan fingerprint density at radius 2 is 1.79 bits per heavy atom. The molecule has 9 nitrogen and oxygen atoms in total. The third-order valence-corrected chi connectivity index (χ3v) is 4.93. The van der Waals surface area contributed by atoms with Crippen molar-refractivity contribution in [3.8, 4) is 11.5 Å². The van der Waals surface area contributed by atoms with Crippen molar-refractivity contribution in [1.29, 1.82) is 0 Å². The van der Waals surface area contributed by atoms with Gasteiger partial charge < -0.3 is 24.6 Å². The zero-order valence-electron chi connectivity index (χ0n) is 15.4. The Hall–Kier alpha value is -3.49. The smallest absolute Gasteiger partial charge is 0.321 e. The number of nitro benzene ring substituents is 1. The van der Waals surface area contributed by atoms with Crippen molar-refractivity contribution in [2.75, 3.05) is 43.2 Å². The number of nitrogens with zero attached hydrogens (tertiary/aromatic N) is 3. The molecule has 2 amide bonds. The van der Waals surface area contributed by atoms with Crippen molar-refractivity contribution in [2.45, 2.75) is 6.92 Å². The number of urea groups is 1. The highest BCUT2D eigenvalue weighted by atomic mass is 16.7. The van der Waals surface area contributed by atoms with E-state index in [4.69, 9.17) is 9.47 Å². The molecule has 146 valence electrons. The van der Waals surface area contributed by atoms with Crippen LogP contribution in [0.25, 0.3) is 0 Å². The number of ether oxygens (including phenoxy) is 2. The van der Waals surface area contributed by atoms with E-state index in [0.717, 1.165) is 22.7 Å². The number of hydrogen-bond acceptors (Lipinski definition) is 6. The fourth-order valence-electron chi connectivity index (χ4n) is 3.45. The summed E-state index contributed by atoms with van der Waals surface area (Å²) in [5.74, 6) is 1.52. The predicted molar refractivity (Wildman–Crippen MR) is 103 cm³/mol. The molecule has 0 radical (unpaired) electrons. The number of aryl methyl sites for hydroxylation is 1. The Morgan fingerprint density at radius 1 is 1.07 bits per heavy atom. The standard InChI is InChI=1S/C19H20N4O5/c1-13-2-7-16-18(28-12-27-16)17(13)21-8-10-22(11-9-21)19(24)20-14-3-5-15(6-4-14)23(25)26/h2-7H,8-12H2,1H3,(H,20,24). The van der Waals surface area contributed by atoms with Crippen LogP contribution >= 0.6 is 0 Å². The molecule has 28 heavy (non-hydrogen) atoms. The highest BCUT2D eigenvalue weighted by molar-refractivity contribution is 5.89. The number of amides is 2.